The van der Waals surface area contributed by atoms with Gasteiger partial charge in [-0.15, -0.1) is 0 Å². The first-order chi connectivity index (χ1) is 15.4. The Hall–Kier alpha value is -3.56. The molecule has 0 saturated carbocycles. The Labute approximate surface area is 196 Å². The van der Waals surface area contributed by atoms with E-state index in [-0.39, 0.29) is 11.4 Å². The molecule has 0 spiro atoms. The summed E-state index contributed by atoms with van der Waals surface area (Å²) in [6.07, 6.45) is 1.51. The van der Waals surface area contributed by atoms with Crippen LogP contribution >= 0.6 is 27.3 Å². The first kappa shape index (κ1) is 21.7. The Balaban J connectivity index is 1.68. The van der Waals surface area contributed by atoms with Crippen LogP contribution in [0.25, 0.3) is 21.7 Å². The van der Waals surface area contributed by atoms with Gasteiger partial charge in [-0.25, -0.2) is 4.98 Å². The molecule has 0 saturated heterocycles. The third-order valence-electron chi connectivity index (χ3n) is 4.65. The smallest absolute Gasteiger partial charge is 0.269 e. The summed E-state index contributed by atoms with van der Waals surface area (Å²) in [4.78, 5) is 16.2. The van der Waals surface area contributed by atoms with E-state index in [9.17, 15) is 15.2 Å². The molecule has 0 aliphatic carbocycles. The number of aromatic nitrogens is 1. The van der Waals surface area contributed by atoms with E-state index in [1.165, 1.54) is 29.7 Å². The van der Waals surface area contributed by atoms with Gasteiger partial charge in [-0.1, -0.05) is 57.1 Å². The fourth-order valence-electron chi connectivity index (χ4n) is 2.99. The number of thiazole rings is 1. The molecule has 4 rings (SSSR count). The molecule has 0 aliphatic heterocycles. The summed E-state index contributed by atoms with van der Waals surface area (Å²) in [5.41, 5.74) is 7.16. The second-order valence-corrected chi connectivity index (χ2v) is 8.85. The summed E-state index contributed by atoms with van der Waals surface area (Å²) < 4.78 is 0.827. The molecular formula is C23H17BrN4O3S. The molecule has 160 valence electrons. The summed E-state index contributed by atoms with van der Waals surface area (Å²) in [5, 5.41) is 25.7. The molecule has 2 N–H and O–H groups in total. The van der Waals surface area contributed by atoms with Crippen LogP contribution in [0.5, 0.6) is 5.75 Å². The number of nitrogens with zero attached hydrogens (tertiary/aromatic N) is 3. The van der Waals surface area contributed by atoms with Crippen LogP contribution in [-0.2, 0) is 0 Å². The molecule has 32 heavy (non-hydrogen) atoms. The fraction of sp³-hybridized carbons (Fsp3) is 0.0435. The highest BCUT2D eigenvalue weighted by atomic mass is 79.9. The number of hydrogen-bond donors (Lipinski definition) is 2. The molecule has 9 heteroatoms. The summed E-state index contributed by atoms with van der Waals surface area (Å²) in [5.74, 6) is 0.116. The number of nitrogens with one attached hydrogen (secondary N) is 1. The highest BCUT2D eigenvalue weighted by molar-refractivity contribution is 9.10. The van der Waals surface area contributed by atoms with Crippen molar-refractivity contribution in [2.45, 2.75) is 6.92 Å². The molecule has 0 amide bonds. The predicted molar refractivity (Wildman–Crippen MR) is 131 cm³/mol. The monoisotopic (exact) mass is 508 g/mol. The van der Waals surface area contributed by atoms with Crippen molar-refractivity contribution in [3.8, 4) is 27.4 Å². The minimum Gasteiger partial charge on any atom is -0.507 e. The summed E-state index contributed by atoms with van der Waals surface area (Å²) in [6.45, 7) is 2.01. The number of nitro groups is 1. The van der Waals surface area contributed by atoms with Crippen molar-refractivity contribution in [1.82, 2.24) is 4.98 Å². The lowest BCUT2D eigenvalue weighted by molar-refractivity contribution is -0.384. The Bertz CT molecular complexity index is 1300. The van der Waals surface area contributed by atoms with Crippen molar-refractivity contribution in [2.24, 2.45) is 5.10 Å². The lowest BCUT2D eigenvalue weighted by Gasteiger charge is -2.03. The van der Waals surface area contributed by atoms with Crippen molar-refractivity contribution in [3.05, 3.63) is 92.4 Å². The van der Waals surface area contributed by atoms with Crippen molar-refractivity contribution in [1.29, 1.82) is 0 Å². The van der Waals surface area contributed by atoms with Crippen molar-refractivity contribution < 1.29 is 10.0 Å². The predicted octanol–water partition coefficient (Wildman–Crippen LogP) is 6.61. The number of halogens is 1. The molecule has 0 bridgehead atoms. The maximum absolute atomic E-state index is 11.0. The van der Waals surface area contributed by atoms with Crippen molar-refractivity contribution in [2.75, 3.05) is 5.43 Å². The minimum absolute atomic E-state index is 0.0342. The molecule has 4 aromatic rings. The largest absolute Gasteiger partial charge is 0.507 e. The minimum atomic E-state index is -0.420. The number of anilines is 1. The second kappa shape index (κ2) is 9.29. The number of aryl methyl sites for hydroxylation is 1. The van der Waals surface area contributed by atoms with E-state index >= 15 is 0 Å². The molecule has 1 aromatic heterocycles. The highest BCUT2D eigenvalue weighted by Crippen LogP contribution is 2.39. The number of hydrogen-bond acceptors (Lipinski definition) is 7. The quantitative estimate of drug-likeness (QED) is 0.173. The van der Waals surface area contributed by atoms with Crippen LogP contribution in [-0.4, -0.2) is 21.2 Å². The van der Waals surface area contributed by atoms with E-state index in [0.717, 1.165) is 31.7 Å². The van der Waals surface area contributed by atoms with Crippen molar-refractivity contribution in [3.63, 3.8) is 0 Å². The number of hydrazone groups is 1. The third-order valence-corrected chi connectivity index (χ3v) is 6.15. The zero-order valence-electron chi connectivity index (χ0n) is 16.8. The van der Waals surface area contributed by atoms with Gasteiger partial charge < -0.3 is 5.11 Å². The number of benzene rings is 3. The topological polar surface area (TPSA) is 101 Å². The zero-order chi connectivity index (χ0) is 22.7. The number of phenols is 1. The highest BCUT2D eigenvalue weighted by Gasteiger charge is 2.16. The molecule has 0 radical (unpaired) electrons. The fourth-order valence-corrected chi connectivity index (χ4v) is 4.31. The summed E-state index contributed by atoms with van der Waals surface area (Å²) >= 11 is 4.76. The molecule has 1 heterocycles. The van der Waals surface area contributed by atoms with Crippen molar-refractivity contribution >= 4 is 44.3 Å². The third kappa shape index (κ3) is 4.84. The lowest BCUT2D eigenvalue weighted by Crippen LogP contribution is -1.91. The van der Waals surface area contributed by atoms with E-state index in [4.69, 9.17) is 4.98 Å². The van der Waals surface area contributed by atoms with Gasteiger partial charge in [0.25, 0.3) is 5.69 Å². The van der Waals surface area contributed by atoms with E-state index in [1.54, 1.807) is 30.3 Å². The molecule has 3 aromatic carbocycles. The van der Waals surface area contributed by atoms with Gasteiger partial charge in [0, 0.05) is 27.7 Å². The maximum Gasteiger partial charge on any atom is 0.269 e. The standard InChI is InChI=1S/C23H17BrN4O3S/c1-14-2-4-15(5-3-14)21-22(16-6-9-19(10-7-16)28(30)31)32-23(26-21)27-25-13-17-12-18(24)8-11-20(17)29/h2-13,29H,1H3,(H,26,27)/b25-13-. The summed E-state index contributed by atoms with van der Waals surface area (Å²) in [6, 6.07) is 19.5. The second-order valence-electron chi connectivity index (χ2n) is 6.94. The van der Waals surface area contributed by atoms with Gasteiger partial charge in [-0.2, -0.15) is 5.10 Å². The van der Waals surface area contributed by atoms with Crippen LogP contribution in [0.2, 0.25) is 0 Å². The van der Waals surface area contributed by atoms with E-state index in [2.05, 4.69) is 26.5 Å². The lowest BCUT2D eigenvalue weighted by atomic mass is 10.1. The van der Waals surface area contributed by atoms with E-state index < -0.39 is 4.92 Å². The number of rotatable bonds is 6. The Morgan fingerprint density at radius 2 is 1.78 bits per heavy atom. The van der Waals surface area contributed by atoms with Gasteiger partial charge >= 0.3 is 0 Å². The van der Waals surface area contributed by atoms with E-state index in [0.29, 0.717) is 10.7 Å². The van der Waals surface area contributed by atoms with E-state index in [1.807, 2.05) is 31.2 Å². The SMILES string of the molecule is Cc1ccc(-c2nc(N/N=C\c3cc(Br)ccc3O)sc2-c2ccc([N+](=O)[O-])cc2)cc1. The molecule has 0 atom stereocenters. The average Bonchev–Trinajstić information content (AvgIpc) is 3.21. The Morgan fingerprint density at radius 1 is 1.09 bits per heavy atom. The van der Waals surface area contributed by atoms with Crippen LogP contribution < -0.4 is 5.43 Å². The first-order valence-electron chi connectivity index (χ1n) is 9.51. The van der Waals surface area contributed by atoms with Gasteiger partial charge in [-0.05, 0) is 42.8 Å². The van der Waals surface area contributed by atoms with Gasteiger partial charge in [0.15, 0.2) is 0 Å². The van der Waals surface area contributed by atoms with Crippen LogP contribution in [0.15, 0.2) is 76.3 Å². The summed E-state index contributed by atoms with van der Waals surface area (Å²) in [7, 11) is 0. The molecular weight excluding hydrogens is 492 g/mol. The number of aromatic hydroxyl groups is 1. The van der Waals surface area contributed by atoms with Gasteiger partial charge in [0.1, 0.15) is 5.75 Å². The molecule has 0 unspecified atom stereocenters. The van der Waals surface area contributed by atoms with Crippen LogP contribution in [0.4, 0.5) is 10.8 Å². The zero-order valence-corrected chi connectivity index (χ0v) is 19.2. The Morgan fingerprint density at radius 3 is 2.47 bits per heavy atom. The van der Waals surface area contributed by atoms with Crippen LogP contribution in [0.3, 0.4) is 0 Å². The van der Waals surface area contributed by atoms with Crippen LogP contribution in [0.1, 0.15) is 11.1 Å². The van der Waals surface area contributed by atoms with Crippen LogP contribution in [0, 0.1) is 17.0 Å². The number of nitro benzene ring substituents is 1. The Kier molecular flexibility index (Phi) is 6.29. The first-order valence-corrected chi connectivity index (χ1v) is 11.1. The molecule has 0 fully saturated rings. The normalized spacial score (nSPS) is 11.1. The number of phenolic OH excluding ortho intramolecular Hbond substituents is 1. The maximum atomic E-state index is 11.0. The van der Waals surface area contributed by atoms with Gasteiger partial charge in [0.2, 0.25) is 5.13 Å². The molecule has 7 nitrogen and oxygen atoms in total. The van der Waals surface area contributed by atoms with Gasteiger partial charge in [0.05, 0.1) is 21.7 Å². The molecule has 0 aliphatic rings. The van der Waals surface area contributed by atoms with Gasteiger partial charge in [-0.3, -0.25) is 15.5 Å². The average molecular weight is 509 g/mol. The number of non-ortho nitro benzene ring substituents is 1.